The van der Waals surface area contributed by atoms with Gasteiger partial charge in [0.2, 0.25) is 0 Å². The van der Waals surface area contributed by atoms with Gasteiger partial charge in [-0.2, -0.15) is 0 Å². The number of hydrogen-bond donors (Lipinski definition) is 1. The predicted octanol–water partition coefficient (Wildman–Crippen LogP) is 0.0287. The quantitative estimate of drug-likeness (QED) is 0.780. The number of nitrogens with zero attached hydrogens (tertiary/aromatic N) is 2. The molecule has 0 radical (unpaired) electrons. The third kappa shape index (κ3) is 3.45. The van der Waals surface area contributed by atoms with E-state index in [-0.39, 0.29) is 5.91 Å². The molecule has 108 valence electrons. The Morgan fingerprint density at radius 1 is 1.32 bits per heavy atom. The van der Waals surface area contributed by atoms with Gasteiger partial charge in [-0.25, -0.2) is 4.79 Å². The van der Waals surface area contributed by atoms with Crippen LogP contribution in [0.15, 0.2) is 0 Å². The first kappa shape index (κ1) is 14.3. The number of likely N-dealkylation sites (tertiary alicyclic amines) is 1. The number of carbonyl (C=O) groups is 2. The van der Waals surface area contributed by atoms with Gasteiger partial charge in [0.25, 0.3) is 5.91 Å². The number of carboxylic acid groups (broad SMARTS) is 1. The summed E-state index contributed by atoms with van der Waals surface area (Å²) in [6.45, 7) is 2.81. The molecule has 3 atom stereocenters. The molecule has 6 nitrogen and oxygen atoms in total. The van der Waals surface area contributed by atoms with Crippen molar-refractivity contribution in [3.05, 3.63) is 0 Å². The van der Waals surface area contributed by atoms with Gasteiger partial charge < -0.3 is 19.6 Å². The van der Waals surface area contributed by atoms with Crippen molar-refractivity contribution < 1.29 is 19.4 Å². The molecular formula is C13H22N2O4. The first-order valence-corrected chi connectivity index (χ1v) is 6.79. The van der Waals surface area contributed by atoms with Gasteiger partial charge in [-0.3, -0.25) is 4.79 Å². The first-order chi connectivity index (χ1) is 8.97. The predicted molar refractivity (Wildman–Crippen MR) is 68.8 cm³/mol. The fourth-order valence-electron chi connectivity index (χ4n) is 2.90. The fourth-order valence-corrected chi connectivity index (χ4v) is 2.90. The smallest absolute Gasteiger partial charge is 0.332 e. The third-order valence-electron chi connectivity index (χ3n) is 3.97. The van der Waals surface area contributed by atoms with Crippen LogP contribution in [0.25, 0.3) is 0 Å². The zero-order valence-electron chi connectivity index (χ0n) is 11.5. The SMILES string of the molecule is CN1CCC(CN(C)C(=O)[C@@H]2CC[C@H](C(=O)O)O2)C1. The van der Waals surface area contributed by atoms with E-state index in [0.717, 1.165) is 26.1 Å². The number of ether oxygens (including phenoxy) is 1. The van der Waals surface area contributed by atoms with Crippen LogP contribution >= 0.6 is 0 Å². The van der Waals surface area contributed by atoms with Gasteiger partial charge in [-0.15, -0.1) is 0 Å². The second kappa shape index (κ2) is 5.88. The fraction of sp³-hybridized carbons (Fsp3) is 0.846. The second-order valence-corrected chi connectivity index (χ2v) is 5.66. The Morgan fingerprint density at radius 3 is 2.53 bits per heavy atom. The van der Waals surface area contributed by atoms with E-state index in [1.165, 1.54) is 0 Å². The van der Waals surface area contributed by atoms with Crippen molar-refractivity contribution in [1.82, 2.24) is 9.80 Å². The molecule has 2 aliphatic rings. The van der Waals surface area contributed by atoms with E-state index in [2.05, 4.69) is 11.9 Å². The highest BCUT2D eigenvalue weighted by atomic mass is 16.5. The molecule has 1 unspecified atom stereocenters. The number of rotatable bonds is 4. The lowest BCUT2D eigenvalue weighted by atomic mass is 10.1. The standard InChI is InChI=1S/C13H22N2O4/c1-14-6-5-9(7-14)8-15(2)12(16)10-3-4-11(19-10)13(17)18/h9-11H,3-8H2,1-2H3,(H,17,18)/t9?,10-,11+/m0/s1. The lowest BCUT2D eigenvalue weighted by molar-refractivity contribution is -0.154. The highest BCUT2D eigenvalue weighted by Gasteiger charge is 2.36. The maximum absolute atomic E-state index is 12.2. The van der Waals surface area contributed by atoms with Gasteiger partial charge in [0.05, 0.1) is 0 Å². The highest BCUT2D eigenvalue weighted by molar-refractivity contribution is 5.82. The average Bonchev–Trinajstić information content (AvgIpc) is 2.97. The molecular weight excluding hydrogens is 248 g/mol. The third-order valence-corrected chi connectivity index (χ3v) is 3.97. The van der Waals surface area contributed by atoms with Crippen molar-refractivity contribution in [2.75, 3.05) is 33.7 Å². The van der Waals surface area contributed by atoms with E-state index in [1.807, 2.05) is 0 Å². The largest absolute Gasteiger partial charge is 0.479 e. The van der Waals surface area contributed by atoms with Crippen LogP contribution in [0.3, 0.4) is 0 Å². The van der Waals surface area contributed by atoms with Crippen molar-refractivity contribution in [3.8, 4) is 0 Å². The number of aliphatic carboxylic acids is 1. The van der Waals surface area contributed by atoms with Crippen LogP contribution in [-0.2, 0) is 14.3 Å². The van der Waals surface area contributed by atoms with Gasteiger partial charge >= 0.3 is 5.97 Å². The molecule has 1 N–H and O–H groups in total. The molecule has 6 heteroatoms. The lowest BCUT2D eigenvalue weighted by Crippen LogP contribution is -2.40. The molecule has 0 bridgehead atoms. The van der Waals surface area contributed by atoms with Crippen LogP contribution in [0.2, 0.25) is 0 Å². The minimum atomic E-state index is -0.977. The number of carboxylic acids is 1. The van der Waals surface area contributed by atoms with Crippen molar-refractivity contribution in [1.29, 1.82) is 0 Å². The molecule has 0 aliphatic carbocycles. The molecule has 2 heterocycles. The summed E-state index contributed by atoms with van der Waals surface area (Å²) in [7, 11) is 3.86. The van der Waals surface area contributed by atoms with Crippen molar-refractivity contribution in [3.63, 3.8) is 0 Å². The summed E-state index contributed by atoms with van der Waals surface area (Å²) in [5.41, 5.74) is 0. The number of carbonyl (C=O) groups excluding carboxylic acids is 1. The van der Waals surface area contributed by atoms with Gasteiger partial charge in [0.1, 0.15) is 6.10 Å². The molecule has 0 aromatic carbocycles. The maximum Gasteiger partial charge on any atom is 0.332 e. The number of amides is 1. The zero-order chi connectivity index (χ0) is 14.0. The Kier molecular flexibility index (Phi) is 4.42. The van der Waals surface area contributed by atoms with Crippen LogP contribution in [0.1, 0.15) is 19.3 Å². The monoisotopic (exact) mass is 270 g/mol. The highest BCUT2D eigenvalue weighted by Crippen LogP contribution is 2.22. The molecule has 0 spiro atoms. The van der Waals surface area contributed by atoms with Crippen LogP contribution in [-0.4, -0.2) is 72.7 Å². The Bertz CT molecular complexity index is 361. The van der Waals surface area contributed by atoms with E-state index in [0.29, 0.717) is 18.8 Å². The zero-order valence-corrected chi connectivity index (χ0v) is 11.5. The van der Waals surface area contributed by atoms with E-state index in [1.54, 1.807) is 11.9 Å². The first-order valence-electron chi connectivity index (χ1n) is 6.79. The van der Waals surface area contributed by atoms with Gasteiger partial charge in [0, 0.05) is 20.1 Å². The van der Waals surface area contributed by atoms with E-state index in [9.17, 15) is 9.59 Å². The van der Waals surface area contributed by atoms with Crippen LogP contribution < -0.4 is 0 Å². The summed E-state index contributed by atoms with van der Waals surface area (Å²) in [5, 5.41) is 8.85. The normalized spacial score (nSPS) is 31.6. The molecule has 2 rings (SSSR count). The second-order valence-electron chi connectivity index (χ2n) is 5.66. The lowest BCUT2D eigenvalue weighted by Gasteiger charge is -2.24. The van der Waals surface area contributed by atoms with Gasteiger partial charge in [-0.05, 0) is 38.8 Å². The van der Waals surface area contributed by atoms with Gasteiger partial charge in [0.15, 0.2) is 6.10 Å². The average molecular weight is 270 g/mol. The minimum absolute atomic E-state index is 0.0849. The van der Waals surface area contributed by atoms with Crippen LogP contribution in [0.5, 0.6) is 0 Å². The van der Waals surface area contributed by atoms with Crippen molar-refractivity contribution in [2.24, 2.45) is 5.92 Å². The molecule has 19 heavy (non-hydrogen) atoms. The number of hydrogen-bond acceptors (Lipinski definition) is 4. The van der Waals surface area contributed by atoms with E-state index >= 15 is 0 Å². The summed E-state index contributed by atoms with van der Waals surface area (Å²) in [6.07, 6.45) is 0.638. The Labute approximate surface area is 113 Å². The van der Waals surface area contributed by atoms with Crippen molar-refractivity contribution >= 4 is 11.9 Å². The summed E-state index contributed by atoms with van der Waals surface area (Å²) >= 11 is 0. The Morgan fingerprint density at radius 2 is 2.00 bits per heavy atom. The minimum Gasteiger partial charge on any atom is -0.479 e. The maximum atomic E-state index is 12.2. The molecule has 0 aromatic rings. The molecule has 2 saturated heterocycles. The topological polar surface area (TPSA) is 70.1 Å². The summed E-state index contributed by atoms with van der Waals surface area (Å²) < 4.78 is 5.29. The summed E-state index contributed by atoms with van der Waals surface area (Å²) in [5.74, 6) is -0.552. The Hall–Kier alpha value is -1.14. The van der Waals surface area contributed by atoms with Crippen LogP contribution in [0.4, 0.5) is 0 Å². The molecule has 0 saturated carbocycles. The number of likely N-dealkylation sites (N-methyl/N-ethyl adjacent to an activating group) is 1. The molecule has 2 aliphatic heterocycles. The Balaban J connectivity index is 1.81. The van der Waals surface area contributed by atoms with Gasteiger partial charge in [-0.1, -0.05) is 0 Å². The summed E-state index contributed by atoms with van der Waals surface area (Å²) in [6, 6.07) is 0. The molecule has 0 aromatic heterocycles. The van der Waals surface area contributed by atoms with Crippen molar-refractivity contribution in [2.45, 2.75) is 31.5 Å². The molecule has 1 amide bonds. The van der Waals surface area contributed by atoms with E-state index < -0.39 is 18.2 Å². The molecule has 2 fully saturated rings. The summed E-state index contributed by atoms with van der Waals surface area (Å²) in [4.78, 5) is 26.9. The van der Waals surface area contributed by atoms with Crippen LogP contribution in [0, 0.1) is 5.92 Å². The van der Waals surface area contributed by atoms with E-state index in [4.69, 9.17) is 9.84 Å².